The molecule has 39 heavy (non-hydrogen) atoms. The molecule has 0 unspecified atom stereocenters. The standard InChI is InChI=1S/C30H33N5O4/c1-20(4-10-27(31)32-2)5-11-28(36)34-19-25-17-24-16-23(18-26(38-3)29(24)39-25)21-6-8-22(9-7-21)30(37)35-14-12-33-13-15-35/h4-11,16-18,33H,2,12-15,19,31H2,1,3H3,(H,34,36)/b11-5+,20-4+,27-10-. The molecule has 2 amide bonds. The zero-order chi connectivity index (χ0) is 27.8. The van der Waals surface area contributed by atoms with Gasteiger partial charge in [-0.3, -0.25) is 9.59 Å². The quantitative estimate of drug-likeness (QED) is 0.221. The molecule has 3 aromatic rings. The average molecular weight is 528 g/mol. The van der Waals surface area contributed by atoms with E-state index in [2.05, 4.69) is 22.3 Å². The van der Waals surface area contributed by atoms with E-state index < -0.39 is 0 Å². The molecular formula is C30H33N5O4. The van der Waals surface area contributed by atoms with Crippen LogP contribution < -0.4 is 21.1 Å². The summed E-state index contributed by atoms with van der Waals surface area (Å²) in [6.45, 7) is 8.47. The lowest BCUT2D eigenvalue weighted by molar-refractivity contribution is -0.116. The monoisotopic (exact) mass is 527 g/mol. The second kappa shape index (κ2) is 12.7. The third-order valence-electron chi connectivity index (χ3n) is 6.36. The predicted octanol–water partition coefficient (Wildman–Crippen LogP) is 3.77. The van der Waals surface area contributed by atoms with E-state index in [0.29, 0.717) is 41.6 Å². The Morgan fingerprint density at radius 2 is 1.87 bits per heavy atom. The number of rotatable bonds is 9. The molecule has 4 N–H and O–H groups in total. The summed E-state index contributed by atoms with van der Waals surface area (Å²) in [4.78, 5) is 30.5. The number of hydrogen-bond acceptors (Lipinski definition) is 7. The van der Waals surface area contributed by atoms with Crippen molar-refractivity contribution >= 4 is 29.5 Å². The number of carbonyl (C=O) groups excluding carboxylic acids is 2. The molecule has 0 spiro atoms. The summed E-state index contributed by atoms with van der Waals surface area (Å²) in [6, 6.07) is 13.4. The smallest absolute Gasteiger partial charge is 0.253 e. The molecule has 1 aliphatic rings. The van der Waals surface area contributed by atoms with E-state index in [0.717, 1.165) is 35.2 Å². The second-order valence-corrected chi connectivity index (χ2v) is 9.14. The van der Waals surface area contributed by atoms with E-state index in [1.165, 1.54) is 6.08 Å². The predicted molar refractivity (Wildman–Crippen MR) is 154 cm³/mol. The normalized spacial score (nSPS) is 14.6. The van der Waals surface area contributed by atoms with Gasteiger partial charge in [-0.25, -0.2) is 4.99 Å². The maximum atomic E-state index is 12.8. The Labute approximate surface area is 227 Å². The van der Waals surface area contributed by atoms with Crippen LogP contribution >= 0.6 is 0 Å². The fourth-order valence-electron chi connectivity index (χ4n) is 4.20. The molecule has 9 nitrogen and oxygen atoms in total. The largest absolute Gasteiger partial charge is 0.493 e. The summed E-state index contributed by atoms with van der Waals surface area (Å²) >= 11 is 0. The highest BCUT2D eigenvalue weighted by atomic mass is 16.5. The van der Waals surface area contributed by atoms with Crippen molar-refractivity contribution < 1.29 is 18.7 Å². The summed E-state index contributed by atoms with van der Waals surface area (Å²) in [5.74, 6) is 1.27. The molecule has 2 aromatic carbocycles. The molecule has 0 atom stereocenters. The van der Waals surface area contributed by atoms with Crippen LogP contribution in [0.2, 0.25) is 0 Å². The Kier molecular flexibility index (Phi) is 8.96. The highest BCUT2D eigenvalue weighted by molar-refractivity contribution is 5.95. The number of methoxy groups -OCH3 is 1. The number of carbonyl (C=O) groups is 2. The molecule has 2 heterocycles. The van der Waals surface area contributed by atoms with Gasteiger partial charge in [-0.1, -0.05) is 29.9 Å². The molecule has 1 fully saturated rings. The van der Waals surface area contributed by atoms with E-state index in [9.17, 15) is 9.59 Å². The van der Waals surface area contributed by atoms with Crippen LogP contribution in [-0.4, -0.2) is 56.7 Å². The number of ether oxygens (including phenoxy) is 1. The minimum absolute atomic E-state index is 0.0464. The first-order chi connectivity index (χ1) is 18.9. The number of nitrogens with zero attached hydrogens (tertiary/aromatic N) is 2. The molecule has 4 rings (SSSR count). The van der Waals surface area contributed by atoms with Gasteiger partial charge in [0.1, 0.15) is 11.6 Å². The molecule has 0 bridgehead atoms. The number of furan rings is 1. The molecule has 9 heteroatoms. The Balaban J connectivity index is 1.45. The van der Waals surface area contributed by atoms with Gasteiger partial charge in [0, 0.05) is 43.2 Å². The molecule has 1 aromatic heterocycles. The van der Waals surface area contributed by atoms with Gasteiger partial charge in [0.2, 0.25) is 5.91 Å². The molecular weight excluding hydrogens is 494 g/mol. The summed E-state index contributed by atoms with van der Waals surface area (Å²) < 4.78 is 11.6. The SMILES string of the molecule is C=N\C(N)=C/C=C(C)/C=C/C(=O)NCc1cc2cc(-c3ccc(C(=O)N4CCNCC4)cc3)cc(OC)c2o1. The number of allylic oxidation sites excluding steroid dienone is 4. The number of nitrogens with two attached hydrogens (primary N) is 1. The third kappa shape index (κ3) is 7.03. The first-order valence-corrected chi connectivity index (χ1v) is 12.7. The van der Waals surface area contributed by atoms with Gasteiger partial charge in [0.25, 0.3) is 5.91 Å². The lowest BCUT2D eigenvalue weighted by Gasteiger charge is -2.27. The second-order valence-electron chi connectivity index (χ2n) is 9.14. The minimum atomic E-state index is -0.259. The van der Waals surface area contributed by atoms with Crippen molar-refractivity contribution in [2.24, 2.45) is 10.7 Å². The van der Waals surface area contributed by atoms with Crippen molar-refractivity contribution in [1.82, 2.24) is 15.5 Å². The summed E-state index contributed by atoms with van der Waals surface area (Å²) in [7, 11) is 1.59. The number of aliphatic imine (C=N–C) groups is 1. The molecule has 1 aliphatic heterocycles. The lowest BCUT2D eigenvalue weighted by Crippen LogP contribution is -2.46. The van der Waals surface area contributed by atoms with E-state index in [4.69, 9.17) is 14.9 Å². The summed E-state index contributed by atoms with van der Waals surface area (Å²) in [6.07, 6.45) is 6.48. The van der Waals surface area contributed by atoms with Gasteiger partial charge in [-0.05, 0) is 61.2 Å². The highest BCUT2D eigenvalue weighted by Gasteiger charge is 2.18. The van der Waals surface area contributed by atoms with Gasteiger partial charge in [0.15, 0.2) is 11.3 Å². The fraction of sp³-hybridized carbons (Fsp3) is 0.233. The van der Waals surface area contributed by atoms with Crippen molar-refractivity contribution in [3.8, 4) is 16.9 Å². The van der Waals surface area contributed by atoms with Crippen LogP contribution in [0.15, 0.2) is 87.6 Å². The molecule has 202 valence electrons. The van der Waals surface area contributed by atoms with Crippen molar-refractivity contribution in [1.29, 1.82) is 0 Å². The van der Waals surface area contributed by atoms with Crippen LogP contribution in [0, 0.1) is 0 Å². The molecule has 0 aliphatic carbocycles. The van der Waals surface area contributed by atoms with Crippen molar-refractivity contribution in [2.75, 3.05) is 33.3 Å². The number of amides is 2. The van der Waals surface area contributed by atoms with E-state index >= 15 is 0 Å². The van der Waals surface area contributed by atoms with Crippen molar-refractivity contribution in [3.63, 3.8) is 0 Å². The number of nitrogens with one attached hydrogen (secondary N) is 2. The van der Waals surface area contributed by atoms with E-state index in [-0.39, 0.29) is 18.4 Å². The van der Waals surface area contributed by atoms with Crippen LogP contribution in [-0.2, 0) is 11.3 Å². The van der Waals surface area contributed by atoms with E-state index in [1.807, 2.05) is 54.3 Å². The third-order valence-corrected chi connectivity index (χ3v) is 6.36. The Hall–Kier alpha value is -4.63. The van der Waals surface area contributed by atoms with Crippen LogP contribution in [0.5, 0.6) is 5.75 Å². The van der Waals surface area contributed by atoms with Gasteiger partial charge in [0.05, 0.1) is 13.7 Å². The maximum Gasteiger partial charge on any atom is 0.253 e. The first-order valence-electron chi connectivity index (χ1n) is 12.7. The van der Waals surface area contributed by atoms with Crippen LogP contribution in [0.1, 0.15) is 23.0 Å². The summed E-state index contributed by atoms with van der Waals surface area (Å²) in [5.41, 5.74) is 9.57. The van der Waals surface area contributed by atoms with Crippen molar-refractivity contribution in [2.45, 2.75) is 13.5 Å². The van der Waals surface area contributed by atoms with E-state index in [1.54, 1.807) is 25.3 Å². The minimum Gasteiger partial charge on any atom is -0.493 e. The average Bonchev–Trinajstić information content (AvgIpc) is 3.40. The Morgan fingerprint density at radius 1 is 1.13 bits per heavy atom. The van der Waals surface area contributed by atoms with Crippen LogP contribution in [0.4, 0.5) is 0 Å². The zero-order valence-corrected chi connectivity index (χ0v) is 22.2. The van der Waals surface area contributed by atoms with Crippen LogP contribution in [0.25, 0.3) is 22.1 Å². The molecule has 1 saturated heterocycles. The fourth-order valence-corrected chi connectivity index (χ4v) is 4.20. The number of benzene rings is 2. The highest BCUT2D eigenvalue weighted by Crippen LogP contribution is 2.34. The zero-order valence-electron chi connectivity index (χ0n) is 22.2. The number of piperazine rings is 1. The molecule has 0 saturated carbocycles. The Bertz CT molecular complexity index is 1440. The van der Waals surface area contributed by atoms with Gasteiger partial charge in [-0.15, -0.1) is 0 Å². The maximum absolute atomic E-state index is 12.8. The topological polar surface area (TPSA) is 122 Å². The Morgan fingerprint density at radius 3 is 2.56 bits per heavy atom. The molecule has 0 radical (unpaired) electrons. The van der Waals surface area contributed by atoms with Crippen molar-refractivity contribution in [3.05, 3.63) is 89.5 Å². The van der Waals surface area contributed by atoms with Crippen LogP contribution in [0.3, 0.4) is 0 Å². The number of fused-ring (bicyclic) bond motifs is 1. The van der Waals surface area contributed by atoms with Gasteiger partial charge >= 0.3 is 0 Å². The lowest BCUT2D eigenvalue weighted by atomic mass is 10.0. The number of hydrogen-bond donors (Lipinski definition) is 3. The van der Waals surface area contributed by atoms with Gasteiger partial charge in [-0.2, -0.15) is 0 Å². The first kappa shape index (κ1) is 27.4. The van der Waals surface area contributed by atoms with Gasteiger partial charge < -0.3 is 30.4 Å². The summed E-state index contributed by atoms with van der Waals surface area (Å²) in [5, 5.41) is 6.94.